The standard InChI is InChI=1S/C30H27N3O2/c1-21-28(25-7-3-5-9-27(25)33(21)19-23-12-10-22(18-31)11-13-23)29(34)32-16-14-30(15-17-32)26-8-4-2-6-24(26)20-35-30/h2-13H,14-17,19-20H2,1H3. The molecule has 1 aromatic heterocycles. The van der Waals surface area contributed by atoms with Crippen LogP contribution in [-0.2, 0) is 23.5 Å². The van der Waals surface area contributed by atoms with Crippen LogP contribution in [0.1, 0.15) is 51.1 Å². The molecule has 5 heteroatoms. The molecule has 3 heterocycles. The molecule has 0 saturated carbocycles. The summed E-state index contributed by atoms with van der Waals surface area (Å²) in [6.45, 7) is 4.72. The van der Waals surface area contributed by atoms with Gasteiger partial charge in [0, 0.05) is 36.2 Å². The maximum atomic E-state index is 13.9. The molecule has 174 valence electrons. The fraction of sp³-hybridized carbons (Fsp3) is 0.267. The van der Waals surface area contributed by atoms with Crippen molar-refractivity contribution in [2.24, 2.45) is 0 Å². The molecule has 4 aromatic rings. The molecular formula is C30H27N3O2. The molecule has 1 saturated heterocycles. The number of amides is 1. The van der Waals surface area contributed by atoms with Crippen LogP contribution in [0.25, 0.3) is 10.9 Å². The first-order valence-corrected chi connectivity index (χ1v) is 12.2. The average molecular weight is 462 g/mol. The minimum atomic E-state index is -0.258. The number of nitrogens with zero attached hydrogens (tertiary/aromatic N) is 3. The molecule has 5 nitrogen and oxygen atoms in total. The van der Waals surface area contributed by atoms with Crippen LogP contribution in [0.4, 0.5) is 0 Å². The third kappa shape index (κ3) is 3.53. The summed E-state index contributed by atoms with van der Waals surface area (Å²) in [5, 5.41) is 10.1. The maximum Gasteiger partial charge on any atom is 0.256 e. The Balaban J connectivity index is 1.29. The van der Waals surface area contributed by atoms with Crippen LogP contribution < -0.4 is 0 Å². The Morgan fingerprint density at radius 2 is 1.71 bits per heavy atom. The van der Waals surface area contributed by atoms with Gasteiger partial charge in [0.25, 0.3) is 5.91 Å². The highest BCUT2D eigenvalue weighted by Gasteiger charge is 2.43. The topological polar surface area (TPSA) is 58.3 Å². The maximum absolute atomic E-state index is 13.9. The number of para-hydroxylation sites is 1. The quantitative estimate of drug-likeness (QED) is 0.403. The van der Waals surface area contributed by atoms with Crippen LogP contribution in [0.15, 0.2) is 72.8 Å². The van der Waals surface area contributed by atoms with Crippen LogP contribution in [0.3, 0.4) is 0 Å². The zero-order valence-electron chi connectivity index (χ0n) is 19.8. The molecule has 0 unspecified atom stereocenters. The molecule has 0 radical (unpaired) electrons. The molecule has 0 bridgehead atoms. The van der Waals surface area contributed by atoms with Gasteiger partial charge in [-0.25, -0.2) is 0 Å². The molecule has 6 rings (SSSR count). The minimum Gasteiger partial charge on any atom is -0.365 e. The summed E-state index contributed by atoms with van der Waals surface area (Å²) in [7, 11) is 0. The Kier molecular flexibility index (Phi) is 5.20. The molecule has 2 aliphatic rings. The molecule has 1 amide bonds. The highest BCUT2D eigenvalue weighted by Crippen LogP contribution is 2.44. The van der Waals surface area contributed by atoms with E-state index in [-0.39, 0.29) is 11.5 Å². The lowest BCUT2D eigenvalue weighted by atomic mass is 9.83. The van der Waals surface area contributed by atoms with Gasteiger partial charge in [0.15, 0.2) is 0 Å². The van der Waals surface area contributed by atoms with E-state index in [2.05, 4.69) is 41.0 Å². The highest BCUT2D eigenvalue weighted by molar-refractivity contribution is 6.08. The Labute approximate surface area is 205 Å². The van der Waals surface area contributed by atoms with E-state index in [1.807, 2.05) is 54.3 Å². The van der Waals surface area contributed by atoms with Crippen molar-refractivity contribution in [1.82, 2.24) is 9.47 Å². The number of nitriles is 1. The second kappa shape index (κ2) is 8.41. The normalized spacial score (nSPS) is 16.4. The summed E-state index contributed by atoms with van der Waals surface area (Å²) in [6, 6.07) is 26.4. The van der Waals surface area contributed by atoms with E-state index >= 15 is 0 Å². The van der Waals surface area contributed by atoms with Gasteiger partial charge in [-0.05, 0) is 54.7 Å². The minimum absolute atomic E-state index is 0.0958. The number of carbonyl (C=O) groups is 1. The summed E-state index contributed by atoms with van der Waals surface area (Å²) in [5.41, 5.74) is 6.88. The average Bonchev–Trinajstić information content (AvgIpc) is 3.40. The van der Waals surface area contributed by atoms with Crippen molar-refractivity contribution in [2.75, 3.05) is 13.1 Å². The van der Waals surface area contributed by atoms with E-state index in [0.717, 1.165) is 40.6 Å². The molecule has 1 spiro atoms. The molecule has 2 aliphatic heterocycles. The van der Waals surface area contributed by atoms with Gasteiger partial charge < -0.3 is 14.2 Å². The first-order valence-electron chi connectivity index (χ1n) is 12.2. The molecule has 35 heavy (non-hydrogen) atoms. The van der Waals surface area contributed by atoms with Gasteiger partial charge in [-0.2, -0.15) is 5.26 Å². The number of carbonyl (C=O) groups excluding carboxylic acids is 1. The van der Waals surface area contributed by atoms with Crippen molar-refractivity contribution in [1.29, 1.82) is 5.26 Å². The lowest BCUT2D eigenvalue weighted by Gasteiger charge is -2.39. The molecule has 0 atom stereocenters. The zero-order chi connectivity index (χ0) is 24.0. The second-order valence-electron chi connectivity index (χ2n) is 9.60. The third-order valence-corrected chi connectivity index (χ3v) is 7.74. The number of fused-ring (bicyclic) bond motifs is 3. The van der Waals surface area contributed by atoms with Crippen molar-refractivity contribution in [3.05, 3.63) is 106 Å². The third-order valence-electron chi connectivity index (χ3n) is 7.74. The van der Waals surface area contributed by atoms with Gasteiger partial charge in [0.1, 0.15) is 0 Å². The van der Waals surface area contributed by atoms with Crippen LogP contribution in [0, 0.1) is 18.3 Å². The van der Waals surface area contributed by atoms with E-state index in [4.69, 9.17) is 10.00 Å². The molecule has 0 N–H and O–H groups in total. The van der Waals surface area contributed by atoms with Gasteiger partial charge in [-0.3, -0.25) is 4.79 Å². The van der Waals surface area contributed by atoms with Crippen molar-refractivity contribution in [2.45, 2.75) is 38.5 Å². The van der Waals surface area contributed by atoms with Gasteiger partial charge in [-0.15, -0.1) is 0 Å². The first kappa shape index (κ1) is 21.6. The summed E-state index contributed by atoms with van der Waals surface area (Å²) >= 11 is 0. The lowest BCUT2D eigenvalue weighted by Crippen LogP contribution is -2.45. The Morgan fingerprint density at radius 1 is 1.00 bits per heavy atom. The fourth-order valence-corrected chi connectivity index (χ4v) is 5.80. The van der Waals surface area contributed by atoms with Crippen LogP contribution in [-0.4, -0.2) is 28.5 Å². The molecule has 3 aromatic carbocycles. The van der Waals surface area contributed by atoms with Crippen LogP contribution in [0.5, 0.6) is 0 Å². The van der Waals surface area contributed by atoms with E-state index < -0.39 is 0 Å². The predicted molar refractivity (Wildman–Crippen MR) is 135 cm³/mol. The summed E-state index contributed by atoms with van der Waals surface area (Å²) in [4.78, 5) is 15.9. The van der Waals surface area contributed by atoms with Gasteiger partial charge in [0.05, 0.1) is 29.4 Å². The number of hydrogen-bond donors (Lipinski definition) is 0. The van der Waals surface area contributed by atoms with Gasteiger partial charge >= 0.3 is 0 Å². The number of rotatable bonds is 3. The zero-order valence-corrected chi connectivity index (χ0v) is 19.8. The molecule has 1 fully saturated rings. The van der Waals surface area contributed by atoms with E-state index in [1.54, 1.807) is 0 Å². The number of piperidine rings is 1. The summed E-state index contributed by atoms with van der Waals surface area (Å²) in [5.74, 6) is 0.0958. The van der Waals surface area contributed by atoms with Crippen molar-refractivity contribution in [3.63, 3.8) is 0 Å². The van der Waals surface area contributed by atoms with E-state index in [9.17, 15) is 4.79 Å². The Morgan fingerprint density at radius 3 is 2.49 bits per heavy atom. The van der Waals surface area contributed by atoms with Crippen molar-refractivity contribution in [3.8, 4) is 6.07 Å². The SMILES string of the molecule is Cc1c(C(=O)N2CCC3(CC2)OCc2ccccc23)c2ccccc2n1Cc1ccc(C#N)cc1. The number of aromatic nitrogens is 1. The number of likely N-dealkylation sites (tertiary alicyclic amines) is 1. The van der Waals surface area contributed by atoms with E-state index in [1.165, 1.54) is 11.1 Å². The van der Waals surface area contributed by atoms with Gasteiger partial charge in [0.2, 0.25) is 0 Å². The van der Waals surface area contributed by atoms with Gasteiger partial charge in [-0.1, -0.05) is 54.6 Å². The molecular weight excluding hydrogens is 434 g/mol. The highest BCUT2D eigenvalue weighted by atomic mass is 16.5. The van der Waals surface area contributed by atoms with Crippen LogP contribution >= 0.6 is 0 Å². The van der Waals surface area contributed by atoms with Crippen LogP contribution in [0.2, 0.25) is 0 Å². The Bertz CT molecular complexity index is 1470. The predicted octanol–water partition coefficient (Wildman–Crippen LogP) is 5.53. The second-order valence-corrected chi connectivity index (χ2v) is 9.60. The smallest absolute Gasteiger partial charge is 0.256 e. The summed E-state index contributed by atoms with van der Waals surface area (Å²) < 4.78 is 8.52. The first-order chi connectivity index (χ1) is 17.1. The summed E-state index contributed by atoms with van der Waals surface area (Å²) in [6.07, 6.45) is 1.64. The number of benzene rings is 3. The van der Waals surface area contributed by atoms with Crippen molar-refractivity contribution < 1.29 is 9.53 Å². The lowest BCUT2D eigenvalue weighted by molar-refractivity contribution is -0.0741. The van der Waals surface area contributed by atoms with E-state index in [0.29, 0.717) is 31.8 Å². The monoisotopic (exact) mass is 461 g/mol. The largest absolute Gasteiger partial charge is 0.365 e. The fourth-order valence-electron chi connectivity index (χ4n) is 5.80. The Hall–Kier alpha value is -3.88. The molecule has 0 aliphatic carbocycles. The van der Waals surface area contributed by atoms with Crippen molar-refractivity contribution >= 4 is 16.8 Å². The number of hydrogen-bond acceptors (Lipinski definition) is 3. The number of ether oxygens (including phenoxy) is 1.